The Morgan fingerprint density at radius 1 is 0.700 bits per heavy atom. The van der Waals surface area contributed by atoms with Gasteiger partial charge in [0.2, 0.25) is 5.82 Å². The van der Waals surface area contributed by atoms with E-state index in [1.54, 1.807) is 19.1 Å². The van der Waals surface area contributed by atoms with Crippen molar-refractivity contribution in [1.82, 2.24) is 0 Å². The number of aryl methyl sites for hydroxylation is 1. The van der Waals surface area contributed by atoms with Crippen LogP contribution in [0, 0.1) is 35.1 Å². The van der Waals surface area contributed by atoms with E-state index >= 15 is 0 Å². The van der Waals surface area contributed by atoms with Crippen molar-refractivity contribution < 1.29 is 22.3 Å². The van der Waals surface area contributed by atoms with Gasteiger partial charge in [-0.3, -0.25) is 0 Å². The fourth-order valence-electron chi connectivity index (χ4n) is 3.04. The molecule has 154 valence electrons. The van der Waals surface area contributed by atoms with E-state index in [-0.39, 0.29) is 29.0 Å². The van der Waals surface area contributed by atoms with Gasteiger partial charge in [0, 0.05) is 5.56 Å². The lowest BCUT2D eigenvalue weighted by atomic mass is 10.00. The molecule has 0 radical (unpaired) electrons. The number of ether oxygens (including phenoxy) is 1. The van der Waals surface area contributed by atoms with Crippen LogP contribution in [0.4, 0.5) is 17.6 Å². The Morgan fingerprint density at radius 3 is 1.90 bits per heavy atom. The van der Waals surface area contributed by atoms with Crippen molar-refractivity contribution in [2.24, 2.45) is 0 Å². The summed E-state index contributed by atoms with van der Waals surface area (Å²) in [5.41, 5.74) is 1.26. The average Bonchev–Trinajstić information content (AvgIpc) is 2.75. The summed E-state index contributed by atoms with van der Waals surface area (Å²) in [7, 11) is 0. The van der Waals surface area contributed by atoms with Gasteiger partial charge in [-0.15, -0.1) is 0 Å². The molecule has 5 heteroatoms. The summed E-state index contributed by atoms with van der Waals surface area (Å²) in [5, 5.41) is 0. The second kappa shape index (κ2) is 9.49. The predicted molar refractivity (Wildman–Crippen MR) is 109 cm³/mol. The minimum Gasteiger partial charge on any atom is -0.491 e. The zero-order chi connectivity index (χ0) is 21.7. The first-order valence-electron chi connectivity index (χ1n) is 9.66. The highest BCUT2D eigenvalue weighted by atomic mass is 19.2. The van der Waals surface area contributed by atoms with Crippen molar-refractivity contribution >= 4 is 0 Å². The molecule has 1 nitrogen and oxygen atoms in total. The van der Waals surface area contributed by atoms with Crippen LogP contribution in [0.5, 0.6) is 5.75 Å². The molecule has 0 amide bonds. The number of halogens is 4. The molecule has 0 aliphatic rings. The van der Waals surface area contributed by atoms with Gasteiger partial charge in [0.25, 0.3) is 0 Å². The van der Waals surface area contributed by atoms with Gasteiger partial charge in [-0.05, 0) is 48.7 Å². The Hall–Kier alpha value is -3.26. The lowest BCUT2D eigenvalue weighted by Crippen LogP contribution is -1.99. The Morgan fingerprint density at radius 2 is 1.30 bits per heavy atom. The Labute approximate surface area is 173 Å². The van der Waals surface area contributed by atoms with Crippen molar-refractivity contribution in [3.8, 4) is 28.7 Å². The van der Waals surface area contributed by atoms with Crippen LogP contribution in [-0.2, 0) is 6.42 Å². The van der Waals surface area contributed by atoms with Gasteiger partial charge >= 0.3 is 0 Å². The lowest BCUT2D eigenvalue weighted by molar-refractivity contribution is 0.314. The second-order valence-corrected chi connectivity index (χ2v) is 6.66. The van der Waals surface area contributed by atoms with E-state index in [0.29, 0.717) is 5.56 Å². The highest BCUT2D eigenvalue weighted by Crippen LogP contribution is 2.27. The van der Waals surface area contributed by atoms with Crippen molar-refractivity contribution in [3.05, 3.63) is 88.5 Å². The van der Waals surface area contributed by atoms with E-state index in [2.05, 4.69) is 18.8 Å². The fraction of sp³-hybridized carbons (Fsp3) is 0.200. The van der Waals surface area contributed by atoms with Crippen molar-refractivity contribution in [1.29, 1.82) is 0 Å². The highest BCUT2D eigenvalue weighted by Gasteiger charge is 2.15. The monoisotopic (exact) mass is 412 g/mol. The van der Waals surface area contributed by atoms with Gasteiger partial charge < -0.3 is 4.74 Å². The lowest BCUT2D eigenvalue weighted by Gasteiger charge is -2.07. The van der Waals surface area contributed by atoms with Crippen LogP contribution in [0.2, 0.25) is 0 Å². The number of benzene rings is 3. The molecule has 0 atom stereocenters. The largest absolute Gasteiger partial charge is 0.491 e. The Kier molecular flexibility index (Phi) is 6.79. The summed E-state index contributed by atoms with van der Waals surface area (Å²) in [5.74, 6) is -0.0257. The average molecular weight is 412 g/mol. The molecular formula is C25H20F4O. The first kappa shape index (κ1) is 21.4. The third-order valence-electron chi connectivity index (χ3n) is 4.56. The second-order valence-electron chi connectivity index (χ2n) is 6.66. The molecule has 30 heavy (non-hydrogen) atoms. The molecule has 0 saturated carbocycles. The SMILES string of the molecule is CCCc1ccc(-c2ccc(C#Cc3ccc(OCC)c(F)c3F)c(F)c2F)cc1. The Bertz CT molecular complexity index is 1110. The maximum absolute atomic E-state index is 14.6. The minimum atomic E-state index is -1.20. The van der Waals surface area contributed by atoms with Crippen LogP contribution in [0.3, 0.4) is 0 Å². The van der Waals surface area contributed by atoms with E-state index in [9.17, 15) is 17.6 Å². The molecule has 0 bridgehead atoms. The van der Waals surface area contributed by atoms with Gasteiger partial charge in [-0.2, -0.15) is 4.39 Å². The Balaban J connectivity index is 1.91. The molecule has 3 aromatic carbocycles. The zero-order valence-corrected chi connectivity index (χ0v) is 16.7. The first-order valence-corrected chi connectivity index (χ1v) is 9.66. The normalized spacial score (nSPS) is 10.5. The molecule has 0 fully saturated rings. The molecule has 0 spiro atoms. The zero-order valence-electron chi connectivity index (χ0n) is 16.7. The molecular weight excluding hydrogens is 392 g/mol. The summed E-state index contributed by atoms with van der Waals surface area (Å²) in [6.07, 6.45) is 1.91. The molecule has 3 aromatic rings. The quantitative estimate of drug-likeness (QED) is 0.336. The highest BCUT2D eigenvalue weighted by molar-refractivity contribution is 5.66. The van der Waals surface area contributed by atoms with Crippen LogP contribution in [0.15, 0.2) is 48.5 Å². The molecule has 0 heterocycles. The van der Waals surface area contributed by atoms with E-state index in [0.717, 1.165) is 18.4 Å². The number of hydrogen-bond acceptors (Lipinski definition) is 1. The van der Waals surface area contributed by atoms with E-state index < -0.39 is 23.3 Å². The first-order chi connectivity index (χ1) is 14.5. The summed E-state index contributed by atoms with van der Waals surface area (Å²) in [4.78, 5) is 0. The third kappa shape index (κ3) is 4.49. The van der Waals surface area contributed by atoms with Gasteiger partial charge in [0.1, 0.15) is 0 Å². The van der Waals surface area contributed by atoms with Crippen LogP contribution in [0.25, 0.3) is 11.1 Å². The van der Waals surface area contributed by atoms with Gasteiger partial charge in [0.15, 0.2) is 23.2 Å². The summed E-state index contributed by atoms with van der Waals surface area (Å²) < 4.78 is 62.2. The molecule has 0 unspecified atom stereocenters. The smallest absolute Gasteiger partial charge is 0.201 e. The number of hydrogen-bond donors (Lipinski definition) is 0. The topological polar surface area (TPSA) is 9.23 Å². The summed E-state index contributed by atoms with van der Waals surface area (Å²) in [6, 6.07) is 12.5. The molecule has 0 saturated heterocycles. The van der Waals surface area contributed by atoms with Crippen molar-refractivity contribution in [2.45, 2.75) is 26.7 Å². The van der Waals surface area contributed by atoms with E-state index in [1.807, 2.05) is 12.1 Å². The standard InChI is InChI=1S/C25H20F4O/c1-3-5-16-6-8-17(9-7-16)20-14-12-18(22(26)24(20)28)10-11-19-13-15-21(30-4-2)25(29)23(19)27/h6-9,12-15H,3-5H2,1-2H3. The van der Waals surface area contributed by atoms with Crippen molar-refractivity contribution in [2.75, 3.05) is 6.61 Å². The minimum absolute atomic E-state index is 0.111. The fourth-order valence-corrected chi connectivity index (χ4v) is 3.04. The molecule has 3 rings (SSSR count). The molecule has 0 aromatic heterocycles. The van der Waals surface area contributed by atoms with Crippen LogP contribution in [-0.4, -0.2) is 6.61 Å². The van der Waals surface area contributed by atoms with Crippen LogP contribution < -0.4 is 4.74 Å². The van der Waals surface area contributed by atoms with Crippen LogP contribution in [0.1, 0.15) is 37.0 Å². The molecule has 0 N–H and O–H groups in total. The summed E-state index contributed by atoms with van der Waals surface area (Å²) >= 11 is 0. The van der Waals surface area contributed by atoms with Crippen LogP contribution >= 0.6 is 0 Å². The molecule has 0 aliphatic heterocycles. The predicted octanol–water partition coefficient (Wildman–Crippen LogP) is 6.66. The van der Waals surface area contributed by atoms with E-state index in [4.69, 9.17) is 4.74 Å². The third-order valence-corrected chi connectivity index (χ3v) is 4.56. The summed E-state index contributed by atoms with van der Waals surface area (Å²) in [6.45, 7) is 3.89. The van der Waals surface area contributed by atoms with E-state index in [1.165, 1.54) is 24.3 Å². The van der Waals surface area contributed by atoms with Gasteiger partial charge in [0.05, 0.1) is 17.7 Å². The number of rotatable bonds is 5. The van der Waals surface area contributed by atoms with Gasteiger partial charge in [-0.1, -0.05) is 49.5 Å². The maximum Gasteiger partial charge on any atom is 0.201 e. The van der Waals surface area contributed by atoms with Gasteiger partial charge in [-0.25, -0.2) is 13.2 Å². The van der Waals surface area contributed by atoms with Crippen molar-refractivity contribution in [3.63, 3.8) is 0 Å². The molecule has 0 aliphatic carbocycles. The maximum atomic E-state index is 14.6.